The lowest BCUT2D eigenvalue weighted by atomic mass is 10.0. The second-order valence-electron chi connectivity index (χ2n) is 5.31. The van der Waals surface area contributed by atoms with Crippen molar-refractivity contribution in [1.29, 1.82) is 0 Å². The molecule has 1 fully saturated rings. The molecule has 1 aromatic carbocycles. The molecule has 0 spiro atoms. The van der Waals surface area contributed by atoms with Crippen LogP contribution in [0.1, 0.15) is 18.9 Å². The second kappa shape index (κ2) is 6.83. The molecule has 1 saturated heterocycles. The average molecular weight is 278 g/mol. The van der Waals surface area contributed by atoms with Gasteiger partial charge < -0.3 is 20.9 Å². The first-order valence-corrected chi connectivity index (χ1v) is 6.96. The fourth-order valence-corrected chi connectivity index (χ4v) is 2.53. The van der Waals surface area contributed by atoms with Crippen LogP contribution in [0, 0.1) is 0 Å². The largest absolute Gasteiger partial charge is 0.394 e. The van der Waals surface area contributed by atoms with Gasteiger partial charge in [-0.25, -0.2) is 0 Å². The fourth-order valence-electron chi connectivity index (χ4n) is 2.53. The van der Waals surface area contributed by atoms with Crippen LogP contribution in [0.5, 0.6) is 0 Å². The molecule has 0 saturated carbocycles. The van der Waals surface area contributed by atoms with Gasteiger partial charge in [0.1, 0.15) is 6.10 Å². The van der Waals surface area contributed by atoms with Crippen molar-refractivity contribution in [1.82, 2.24) is 5.32 Å². The number of aliphatic hydroxyl groups is 1. The zero-order valence-electron chi connectivity index (χ0n) is 11.7. The normalized spacial score (nSPS) is 27.2. The van der Waals surface area contributed by atoms with Crippen LogP contribution in [0.15, 0.2) is 30.3 Å². The van der Waals surface area contributed by atoms with Crippen molar-refractivity contribution in [2.45, 2.75) is 44.1 Å². The highest BCUT2D eigenvalue weighted by atomic mass is 16.5. The molecule has 1 heterocycles. The third-order valence-electron chi connectivity index (χ3n) is 3.58. The Labute approximate surface area is 119 Å². The molecule has 2 rings (SSSR count). The maximum absolute atomic E-state index is 12.1. The topological polar surface area (TPSA) is 84.6 Å². The molecule has 1 aliphatic rings. The molecule has 1 unspecified atom stereocenters. The molecule has 0 bridgehead atoms. The number of hydrogen-bond donors (Lipinski definition) is 3. The molecule has 4 N–H and O–H groups in total. The van der Waals surface area contributed by atoms with E-state index in [-0.39, 0.29) is 30.8 Å². The lowest BCUT2D eigenvalue weighted by Gasteiger charge is -2.20. The van der Waals surface area contributed by atoms with Gasteiger partial charge in [-0.05, 0) is 25.3 Å². The first kappa shape index (κ1) is 15.0. The van der Waals surface area contributed by atoms with E-state index in [1.54, 1.807) is 0 Å². The van der Waals surface area contributed by atoms with Crippen molar-refractivity contribution in [2.75, 3.05) is 6.61 Å². The molecule has 1 aliphatic heterocycles. The van der Waals surface area contributed by atoms with Crippen molar-refractivity contribution < 1.29 is 14.6 Å². The van der Waals surface area contributed by atoms with E-state index in [4.69, 9.17) is 10.5 Å². The predicted molar refractivity (Wildman–Crippen MR) is 76.1 cm³/mol. The quantitative estimate of drug-likeness (QED) is 0.719. The van der Waals surface area contributed by atoms with Crippen LogP contribution in [0.25, 0.3) is 0 Å². The van der Waals surface area contributed by atoms with Gasteiger partial charge in [0.25, 0.3) is 0 Å². The van der Waals surface area contributed by atoms with Crippen LogP contribution < -0.4 is 11.1 Å². The monoisotopic (exact) mass is 278 g/mol. The molecule has 0 aliphatic carbocycles. The van der Waals surface area contributed by atoms with Crippen molar-refractivity contribution in [3.63, 3.8) is 0 Å². The fraction of sp³-hybridized carbons (Fsp3) is 0.533. The molecular weight excluding hydrogens is 256 g/mol. The van der Waals surface area contributed by atoms with Gasteiger partial charge in [0.2, 0.25) is 5.91 Å². The highest BCUT2D eigenvalue weighted by molar-refractivity contribution is 5.82. The first-order valence-electron chi connectivity index (χ1n) is 6.96. The van der Waals surface area contributed by atoms with Crippen LogP contribution in [0.3, 0.4) is 0 Å². The second-order valence-corrected chi connectivity index (χ2v) is 5.31. The summed E-state index contributed by atoms with van der Waals surface area (Å²) in [4.78, 5) is 12.1. The Kier molecular flexibility index (Phi) is 5.11. The van der Waals surface area contributed by atoms with E-state index in [0.29, 0.717) is 12.8 Å². The summed E-state index contributed by atoms with van der Waals surface area (Å²) in [6.45, 7) is 1.84. The number of benzene rings is 1. The summed E-state index contributed by atoms with van der Waals surface area (Å²) >= 11 is 0. The van der Waals surface area contributed by atoms with Crippen LogP contribution in [-0.4, -0.2) is 41.9 Å². The SMILES string of the molecule is C[C@H]1C[C@@H](NC(=O)C(N)Cc2ccccc2)[C@@H](CO)O1. The smallest absolute Gasteiger partial charge is 0.237 e. The van der Waals surface area contributed by atoms with E-state index in [9.17, 15) is 9.90 Å². The lowest BCUT2D eigenvalue weighted by Crippen LogP contribution is -2.49. The molecule has 5 nitrogen and oxygen atoms in total. The Bertz CT molecular complexity index is 438. The first-order chi connectivity index (χ1) is 9.60. The molecule has 20 heavy (non-hydrogen) atoms. The summed E-state index contributed by atoms with van der Waals surface area (Å²) in [6.07, 6.45) is 0.912. The maximum Gasteiger partial charge on any atom is 0.237 e. The summed E-state index contributed by atoms with van der Waals surface area (Å²) in [5, 5.41) is 12.1. The number of ether oxygens (including phenoxy) is 1. The van der Waals surface area contributed by atoms with Gasteiger partial charge in [-0.3, -0.25) is 4.79 Å². The third kappa shape index (κ3) is 3.79. The van der Waals surface area contributed by atoms with Crippen molar-refractivity contribution in [3.8, 4) is 0 Å². The van der Waals surface area contributed by atoms with Gasteiger partial charge in [-0.1, -0.05) is 30.3 Å². The van der Waals surface area contributed by atoms with Gasteiger partial charge >= 0.3 is 0 Å². The third-order valence-corrected chi connectivity index (χ3v) is 3.58. The number of nitrogens with two attached hydrogens (primary N) is 1. The Morgan fingerprint density at radius 1 is 1.50 bits per heavy atom. The number of carbonyl (C=O) groups is 1. The molecular formula is C15H22N2O3. The highest BCUT2D eigenvalue weighted by Gasteiger charge is 2.34. The van der Waals surface area contributed by atoms with E-state index < -0.39 is 6.04 Å². The minimum absolute atomic E-state index is 0.0443. The minimum atomic E-state index is -0.590. The number of carbonyl (C=O) groups excluding carboxylic acids is 1. The van der Waals surface area contributed by atoms with Crippen LogP contribution in [0.4, 0.5) is 0 Å². The molecule has 0 aromatic heterocycles. The Morgan fingerprint density at radius 2 is 2.20 bits per heavy atom. The van der Waals surface area contributed by atoms with Gasteiger partial charge in [0.15, 0.2) is 0 Å². The minimum Gasteiger partial charge on any atom is -0.394 e. The van der Waals surface area contributed by atoms with Crippen molar-refractivity contribution in [3.05, 3.63) is 35.9 Å². The van der Waals surface area contributed by atoms with Crippen LogP contribution in [0.2, 0.25) is 0 Å². The van der Waals surface area contributed by atoms with Gasteiger partial charge in [-0.15, -0.1) is 0 Å². The number of hydrogen-bond acceptors (Lipinski definition) is 4. The van der Waals surface area contributed by atoms with Crippen molar-refractivity contribution in [2.24, 2.45) is 5.73 Å². The zero-order valence-corrected chi connectivity index (χ0v) is 11.7. The molecule has 5 heteroatoms. The molecule has 1 aromatic rings. The highest BCUT2D eigenvalue weighted by Crippen LogP contribution is 2.19. The lowest BCUT2D eigenvalue weighted by molar-refractivity contribution is -0.123. The van der Waals surface area contributed by atoms with Gasteiger partial charge in [0.05, 0.1) is 24.8 Å². The average Bonchev–Trinajstić information content (AvgIpc) is 2.79. The Balaban J connectivity index is 1.88. The van der Waals surface area contributed by atoms with Crippen LogP contribution in [-0.2, 0) is 16.0 Å². The molecule has 0 radical (unpaired) electrons. The number of aliphatic hydroxyl groups excluding tert-OH is 1. The van der Waals surface area contributed by atoms with E-state index in [2.05, 4.69) is 5.32 Å². The number of nitrogens with one attached hydrogen (secondary N) is 1. The van der Waals surface area contributed by atoms with Gasteiger partial charge in [0, 0.05) is 0 Å². The molecule has 1 amide bonds. The summed E-state index contributed by atoms with van der Waals surface area (Å²) in [7, 11) is 0. The number of rotatable bonds is 5. The Morgan fingerprint density at radius 3 is 2.85 bits per heavy atom. The van der Waals surface area contributed by atoms with E-state index in [1.807, 2.05) is 37.3 Å². The van der Waals surface area contributed by atoms with Crippen LogP contribution >= 0.6 is 0 Å². The van der Waals surface area contributed by atoms with E-state index >= 15 is 0 Å². The maximum atomic E-state index is 12.1. The Hall–Kier alpha value is -1.43. The van der Waals surface area contributed by atoms with Crippen molar-refractivity contribution >= 4 is 5.91 Å². The summed E-state index contributed by atoms with van der Waals surface area (Å²) in [6, 6.07) is 8.92. The molecule has 4 atom stereocenters. The summed E-state index contributed by atoms with van der Waals surface area (Å²) < 4.78 is 5.52. The summed E-state index contributed by atoms with van der Waals surface area (Å²) in [5.41, 5.74) is 6.97. The predicted octanol–water partition coefficient (Wildman–Crippen LogP) is 0.211. The zero-order chi connectivity index (χ0) is 14.5. The number of amides is 1. The summed E-state index contributed by atoms with van der Waals surface area (Å²) in [5.74, 6) is -0.199. The standard InChI is InChI=1S/C15H22N2O3/c1-10-7-13(14(9-18)20-10)17-15(19)12(16)8-11-5-3-2-4-6-11/h2-6,10,12-14,18H,7-9,16H2,1H3,(H,17,19)/t10-,12?,13+,14+/m0/s1. The van der Waals surface area contributed by atoms with E-state index in [0.717, 1.165) is 5.56 Å². The van der Waals surface area contributed by atoms with E-state index in [1.165, 1.54) is 0 Å². The van der Waals surface area contributed by atoms with Gasteiger partial charge in [-0.2, -0.15) is 0 Å². The molecule has 110 valence electrons.